The molecule has 1 aromatic rings. The van der Waals surface area contributed by atoms with Gasteiger partial charge in [0.05, 0.1) is 0 Å². The highest BCUT2D eigenvalue weighted by Gasteiger charge is 1.99. The van der Waals surface area contributed by atoms with E-state index in [2.05, 4.69) is 29.1 Å². The average Bonchev–Trinajstić information content (AvgIpc) is 2.26. The Morgan fingerprint density at radius 2 is 1.89 bits per heavy atom. The minimum atomic E-state index is 0.314. The Morgan fingerprint density at radius 1 is 1.17 bits per heavy atom. The predicted molar refractivity (Wildman–Crippen MR) is 78.2 cm³/mol. The third-order valence-electron chi connectivity index (χ3n) is 2.84. The highest BCUT2D eigenvalue weighted by molar-refractivity contribution is 6.28. The van der Waals surface area contributed by atoms with Crippen LogP contribution in [0.15, 0.2) is 6.07 Å². The van der Waals surface area contributed by atoms with E-state index in [1.165, 1.54) is 32.1 Å². The van der Waals surface area contributed by atoms with E-state index in [0.717, 1.165) is 24.0 Å². The Balaban J connectivity index is 2.10. The molecule has 0 amide bonds. The molecule has 1 N–H and O–H groups in total. The molecule has 4 heteroatoms. The van der Waals surface area contributed by atoms with Gasteiger partial charge in [0.1, 0.15) is 5.82 Å². The molecule has 0 bridgehead atoms. The maximum Gasteiger partial charge on any atom is 0.224 e. The van der Waals surface area contributed by atoms with Crippen molar-refractivity contribution in [2.75, 3.05) is 11.9 Å². The summed E-state index contributed by atoms with van der Waals surface area (Å²) in [5, 5.41) is 3.60. The average molecular weight is 270 g/mol. The van der Waals surface area contributed by atoms with Crippen molar-refractivity contribution in [3.05, 3.63) is 17.0 Å². The quantitative estimate of drug-likeness (QED) is 0.559. The highest BCUT2D eigenvalue weighted by Crippen LogP contribution is 2.11. The molecular weight excluding hydrogens is 246 g/mol. The standard InChI is InChI=1S/C14H24ClN3/c1-11(2)8-6-4-5-7-9-16-13-10-12(3)17-14(15)18-13/h10-11H,4-9H2,1-3H3,(H,16,17,18). The van der Waals surface area contributed by atoms with E-state index in [9.17, 15) is 0 Å². The lowest BCUT2D eigenvalue weighted by molar-refractivity contribution is 0.523. The van der Waals surface area contributed by atoms with Gasteiger partial charge in [-0.15, -0.1) is 0 Å². The summed E-state index contributed by atoms with van der Waals surface area (Å²) in [6, 6.07) is 1.92. The maximum absolute atomic E-state index is 5.80. The predicted octanol–water partition coefficient (Wildman–Crippen LogP) is 4.46. The van der Waals surface area contributed by atoms with Crippen molar-refractivity contribution in [3.63, 3.8) is 0 Å². The zero-order chi connectivity index (χ0) is 13.4. The van der Waals surface area contributed by atoms with Crippen molar-refractivity contribution in [2.24, 2.45) is 5.92 Å². The summed E-state index contributed by atoms with van der Waals surface area (Å²) in [5.41, 5.74) is 0.898. The first kappa shape index (κ1) is 15.2. The summed E-state index contributed by atoms with van der Waals surface area (Å²) >= 11 is 5.80. The Bertz CT molecular complexity index is 333. The van der Waals surface area contributed by atoms with Gasteiger partial charge in [-0.25, -0.2) is 9.97 Å². The Kier molecular flexibility index (Phi) is 7.02. The zero-order valence-electron chi connectivity index (χ0n) is 11.7. The van der Waals surface area contributed by atoms with Crippen LogP contribution in [0.3, 0.4) is 0 Å². The molecule has 0 aliphatic rings. The minimum absolute atomic E-state index is 0.314. The lowest BCUT2D eigenvalue weighted by Gasteiger charge is -2.07. The van der Waals surface area contributed by atoms with Gasteiger partial charge in [0, 0.05) is 18.3 Å². The first-order valence-corrected chi connectivity index (χ1v) is 7.21. The molecule has 1 rings (SSSR count). The molecule has 0 aliphatic carbocycles. The lowest BCUT2D eigenvalue weighted by Crippen LogP contribution is -2.04. The van der Waals surface area contributed by atoms with Crippen LogP contribution < -0.4 is 5.32 Å². The van der Waals surface area contributed by atoms with E-state index >= 15 is 0 Å². The number of aryl methyl sites for hydroxylation is 1. The molecule has 102 valence electrons. The SMILES string of the molecule is Cc1cc(NCCCCCCC(C)C)nc(Cl)n1. The van der Waals surface area contributed by atoms with Gasteiger partial charge in [-0.3, -0.25) is 0 Å². The summed E-state index contributed by atoms with van der Waals surface area (Å²) < 4.78 is 0. The number of nitrogens with zero attached hydrogens (tertiary/aromatic N) is 2. The fraction of sp³-hybridized carbons (Fsp3) is 0.714. The van der Waals surface area contributed by atoms with Crippen molar-refractivity contribution < 1.29 is 0 Å². The van der Waals surface area contributed by atoms with Gasteiger partial charge < -0.3 is 5.32 Å². The second-order valence-corrected chi connectivity index (χ2v) is 5.53. The first-order valence-electron chi connectivity index (χ1n) is 6.83. The first-order chi connectivity index (χ1) is 8.58. The number of hydrogen-bond donors (Lipinski definition) is 1. The van der Waals surface area contributed by atoms with Crippen molar-refractivity contribution >= 4 is 17.4 Å². The Morgan fingerprint density at radius 3 is 2.56 bits per heavy atom. The molecule has 0 aromatic carbocycles. The van der Waals surface area contributed by atoms with Crippen LogP contribution >= 0.6 is 11.6 Å². The number of halogens is 1. The van der Waals surface area contributed by atoms with Crippen LogP contribution in [0.5, 0.6) is 0 Å². The van der Waals surface area contributed by atoms with Crippen LogP contribution in [0.4, 0.5) is 5.82 Å². The molecule has 0 fully saturated rings. The normalized spacial score (nSPS) is 10.9. The number of anilines is 1. The van der Waals surface area contributed by atoms with E-state index in [1.807, 2.05) is 13.0 Å². The summed E-state index contributed by atoms with van der Waals surface area (Å²) in [4.78, 5) is 8.17. The molecule has 18 heavy (non-hydrogen) atoms. The zero-order valence-corrected chi connectivity index (χ0v) is 12.4. The van der Waals surface area contributed by atoms with Crippen LogP contribution in [0, 0.1) is 12.8 Å². The Hall–Kier alpha value is -0.830. The van der Waals surface area contributed by atoms with Gasteiger partial charge >= 0.3 is 0 Å². The maximum atomic E-state index is 5.80. The summed E-state index contributed by atoms with van der Waals surface area (Å²) in [6.45, 7) is 7.44. The largest absolute Gasteiger partial charge is 0.370 e. The number of hydrogen-bond acceptors (Lipinski definition) is 3. The van der Waals surface area contributed by atoms with Crippen molar-refractivity contribution in [3.8, 4) is 0 Å². The molecule has 0 atom stereocenters. The fourth-order valence-electron chi connectivity index (χ4n) is 1.87. The van der Waals surface area contributed by atoms with Crippen LogP contribution in [0.1, 0.15) is 51.6 Å². The summed E-state index contributed by atoms with van der Waals surface area (Å²) in [7, 11) is 0. The molecular formula is C14H24ClN3. The Labute approximate surface area is 115 Å². The van der Waals surface area contributed by atoms with Gasteiger partial charge in [-0.2, -0.15) is 0 Å². The molecule has 0 spiro atoms. The third-order valence-corrected chi connectivity index (χ3v) is 3.01. The van der Waals surface area contributed by atoms with E-state index in [4.69, 9.17) is 11.6 Å². The molecule has 0 aliphatic heterocycles. The molecule has 0 saturated carbocycles. The van der Waals surface area contributed by atoms with E-state index in [-0.39, 0.29) is 0 Å². The summed E-state index contributed by atoms with van der Waals surface area (Å²) in [6.07, 6.45) is 6.46. The molecule has 0 unspecified atom stereocenters. The molecule has 0 radical (unpaired) electrons. The van der Waals surface area contributed by atoms with Crippen LogP contribution in [-0.4, -0.2) is 16.5 Å². The highest BCUT2D eigenvalue weighted by atomic mass is 35.5. The third kappa shape index (κ3) is 6.80. The van der Waals surface area contributed by atoms with Gasteiger partial charge in [-0.05, 0) is 30.9 Å². The van der Waals surface area contributed by atoms with E-state index in [0.29, 0.717) is 5.28 Å². The van der Waals surface area contributed by atoms with Crippen molar-refractivity contribution in [1.29, 1.82) is 0 Å². The minimum Gasteiger partial charge on any atom is -0.370 e. The van der Waals surface area contributed by atoms with Gasteiger partial charge in [-0.1, -0.05) is 39.5 Å². The molecule has 0 saturated heterocycles. The van der Waals surface area contributed by atoms with E-state index in [1.54, 1.807) is 0 Å². The van der Waals surface area contributed by atoms with Crippen LogP contribution in [0.25, 0.3) is 0 Å². The summed E-state index contributed by atoms with van der Waals surface area (Å²) in [5.74, 6) is 1.66. The van der Waals surface area contributed by atoms with Gasteiger partial charge in [0.15, 0.2) is 0 Å². The lowest BCUT2D eigenvalue weighted by atomic mass is 10.0. The van der Waals surface area contributed by atoms with Crippen LogP contribution in [0.2, 0.25) is 5.28 Å². The molecule has 1 aromatic heterocycles. The van der Waals surface area contributed by atoms with Gasteiger partial charge in [0.2, 0.25) is 5.28 Å². The number of nitrogens with one attached hydrogen (secondary N) is 1. The topological polar surface area (TPSA) is 37.8 Å². The van der Waals surface area contributed by atoms with Crippen molar-refractivity contribution in [2.45, 2.75) is 52.9 Å². The smallest absolute Gasteiger partial charge is 0.224 e. The number of unbranched alkanes of at least 4 members (excludes halogenated alkanes) is 3. The van der Waals surface area contributed by atoms with Crippen LogP contribution in [-0.2, 0) is 0 Å². The second kappa shape index (κ2) is 8.30. The monoisotopic (exact) mass is 269 g/mol. The molecule has 1 heterocycles. The number of rotatable bonds is 8. The number of aromatic nitrogens is 2. The fourth-order valence-corrected chi connectivity index (χ4v) is 2.09. The van der Waals surface area contributed by atoms with Gasteiger partial charge in [0.25, 0.3) is 0 Å². The van der Waals surface area contributed by atoms with E-state index < -0.39 is 0 Å². The van der Waals surface area contributed by atoms with Crippen molar-refractivity contribution in [1.82, 2.24) is 9.97 Å². The second-order valence-electron chi connectivity index (χ2n) is 5.19. The molecule has 3 nitrogen and oxygen atoms in total.